The smallest absolute Gasteiger partial charge is 0.156 e. The molecule has 9 heavy (non-hydrogen) atoms. The van der Waals surface area contributed by atoms with Crippen LogP contribution in [0.3, 0.4) is 0 Å². The normalized spacial score (nSPS) is 24.9. The number of nitriles is 1. The minimum atomic E-state index is -0.242. The molecule has 0 aromatic carbocycles. The second kappa shape index (κ2) is 2.40. The van der Waals surface area contributed by atoms with Crippen LogP contribution in [-0.4, -0.2) is 24.5 Å². The second-order valence-corrected chi connectivity index (χ2v) is 1.91. The van der Waals surface area contributed by atoms with Crippen molar-refractivity contribution in [2.75, 3.05) is 6.54 Å². The Morgan fingerprint density at radius 2 is 2.67 bits per heavy atom. The molecule has 1 aliphatic rings. The van der Waals surface area contributed by atoms with Gasteiger partial charge < -0.3 is 0 Å². The van der Waals surface area contributed by atoms with Gasteiger partial charge in [0.05, 0.1) is 12.6 Å². The summed E-state index contributed by atoms with van der Waals surface area (Å²) >= 11 is 0. The molecular formula is C6H7N3. The zero-order chi connectivity index (χ0) is 6.69. The van der Waals surface area contributed by atoms with Crippen LogP contribution in [0.2, 0.25) is 0 Å². The highest BCUT2D eigenvalue weighted by Gasteiger charge is 2.05. The first kappa shape index (κ1) is 5.96. The van der Waals surface area contributed by atoms with Crippen molar-refractivity contribution in [2.45, 2.75) is 13.0 Å². The van der Waals surface area contributed by atoms with Crippen LogP contribution in [-0.2, 0) is 0 Å². The summed E-state index contributed by atoms with van der Waals surface area (Å²) in [5, 5.41) is 8.34. The summed E-state index contributed by atoms with van der Waals surface area (Å²) in [5.41, 5.74) is 0.904. The molecule has 0 saturated carbocycles. The molecule has 1 heterocycles. The Balaban J connectivity index is 2.61. The van der Waals surface area contributed by atoms with Gasteiger partial charge in [-0.3, -0.25) is 9.98 Å². The zero-order valence-corrected chi connectivity index (χ0v) is 5.20. The van der Waals surface area contributed by atoms with Gasteiger partial charge in [-0.15, -0.1) is 0 Å². The van der Waals surface area contributed by atoms with Crippen molar-refractivity contribution >= 4 is 11.9 Å². The van der Waals surface area contributed by atoms with Crippen LogP contribution in [0.25, 0.3) is 0 Å². The molecule has 3 nitrogen and oxygen atoms in total. The van der Waals surface area contributed by atoms with E-state index in [0.29, 0.717) is 6.54 Å². The number of hydrogen-bond donors (Lipinski definition) is 0. The van der Waals surface area contributed by atoms with Gasteiger partial charge in [0.15, 0.2) is 6.04 Å². The minimum absolute atomic E-state index is 0.242. The first-order valence-corrected chi connectivity index (χ1v) is 2.77. The molecule has 1 aliphatic heterocycles. The molecule has 0 amide bonds. The number of aliphatic imine (C=N–C) groups is 2. The lowest BCUT2D eigenvalue weighted by Crippen LogP contribution is -2.14. The maximum absolute atomic E-state index is 8.34. The van der Waals surface area contributed by atoms with Crippen molar-refractivity contribution in [3.05, 3.63) is 0 Å². The Morgan fingerprint density at radius 3 is 3.11 bits per heavy atom. The van der Waals surface area contributed by atoms with E-state index in [0.717, 1.165) is 5.71 Å². The largest absolute Gasteiger partial charge is 0.285 e. The van der Waals surface area contributed by atoms with Crippen LogP contribution >= 0.6 is 0 Å². The molecule has 0 aliphatic carbocycles. The zero-order valence-electron chi connectivity index (χ0n) is 5.20. The van der Waals surface area contributed by atoms with Crippen molar-refractivity contribution in [3.8, 4) is 6.07 Å². The van der Waals surface area contributed by atoms with Crippen LogP contribution in [0.5, 0.6) is 0 Å². The minimum Gasteiger partial charge on any atom is -0.285 e. The summed E-state index contributed by atoms with van der Waals surface area (Å²) in [5.74, 6) is 0. The molecular weight excluding hydrogens is 114 g/mol. The first-order chi connectivity index (χ1) is 4.33. The van der Waals surface area contributed by atoms with E-state index in [1.165, 1.54) is 0 Å². The maximum Gasteiger partial charge on any atom is 0.156 e. The molecule has 3 heteroatoms. The van der Waals surface area contributed by atoms with E-state index in [1.807, 2.05) is 13.0 Å². The number of nitrogens with zero attached hydrogens (tertiary/aromatic N) is 3. The van der Waals surface area contributed by atoms with E-state index in [9.17, 15) is 0 Å². The Hall–Kier alpha value is -1.17. The molecule has 0 N–H and O–H groups in total. The molecule has 0 radical (unpaired) electrons. The molecule has 1 unspecified atom stereocenters. The van der Waals surface area contributed by atoms with Gasteiger partial charge in [-0.2, -0.15) is 5.26 Å². The molecule has 0 aromatic heterocycles. The van der Waals surface area contributed by atoms with E-state index in [2.05, 4.69) is 9.98 Å². The van der Waals surface area contributed by atoms with Crippen LogP contribution in [0.15, 0.2) is 9.98 Å². The van der Waals surface area contributed by atoms with Crippen molar-refractivity contribution in [2.24, 2.45) is 9.98 Å². The van der Waals surface area contributed by atoms with E-state index in [4.69, 9.17) is 5.26 Å². The molecule has 1 atom stereocenters. The predicted octanol–water partition coefficient (Wildman–Crippen LogP) is 0.424. The van der Waals surface area contributed by atoms with Crippen LogP contribution < -0.4 is 0 Å². The summed E-state index contributed by atoms with van der Waals surface area (Å²) in [6.45, 7) is 2.40. The van der Waals surface area contributed by atoms with Crippen molar-refractivity contribution in [1.29, 1.82) is 5.26 Å². The van der Waals surface area contributed by atoms with Gasteiger partial charge in [0.1, 0.15) is 0 Å². The Kier molecular flexibility index (Phi) is 1.59. The standard InChI is InChI=1S/C6H7N3/c1-5-3-9-6(2-7)4-8-5/h3,6H,4H2,1H3. The van der Waals surface area contributed by atoms with Crippen molar-refractivity contribution < 1.29 is 0 Å². The highest BCUT2D eigenvalue weighted by Crippen LogP contribution is 1.94. The van der Waals surface area contributed by atoms with Gasteiger partial charge in [-0.05, 0) is 6.92 Å². The predicted molar refractivity (Wildman–Crippen MR) is 35.9 cm³/mol. The van der Waals surface area contributed by atoms with Gasteiger partial charge >= 0.3 is 0 Å². The summed E-state index contributed by atoms with van der Waals surface area (Å²) in [7, 11) is 0. The summed E-state index contributed by atoms with van der Waals surface area (Å²) < 4.78 is 0. The Labute approximate surface area is 53.7 Å². The third kappa shape index (κ3) is 1.36. The topological polar surface area (TPSA) is 48.5 Å². The lowest BCUT2D eigenvalue weighted by Gasteiger charge is -2.03. The molecule has 0 saturated heterocycles. The monoisotopic (exact) mass is 121 g/mol. The third-order valence-electron chi connectivity index (χ3n) is 1.10. The van der Waals surface area contributed by atoms with E-state index >= 15 is 0 Å². The lowest BCUT2D eigenvalue weighted by molar-refractivity contribution is 0.834. The molecule has 0 spiro atoms. The Bertz CT molecular complexity index is 197. The fourth-order valence-corrected chi connectivity index (χ4v) is 0.590. The average molecular weight is 121 g/mol. The van der Waals surface area contributed by atoms with E-state index < -0.39 is 0 Å². The average Bonchev–Trinajstić information content (AvgIpc) is 1.90. The highest BCUT2D eigenvalue weighted by molar-refractivity contribution is 6.29. The van der Waals surface area contributed by atoms with E-state index in [-0.39, 0.29) is 6.04 Å². The van der Waals surface area contributed by atoms with Gasteiger partial charge in [0.25, 0.3) is 0 Å². The lowest BCUT2D eigenvalue weighted by atomic mass is 10.3. The van der Waals surface area contributed by atoms with Crippen molar-refractivity contribution in [1.82, 2.24) is 0 Å². The van der Waals surface area contributed by atoms with E-state index in [1.54, 1.807) is 6.21 Å². The first-order valence-electron chi connectivity index (χ1n) is 2.77. The molecule has 46 valence electrons. The quantitative estimate of drug-likeness (QED) is 0.458. The summed E-state index contributed by atoms with van der Waals surface area (Å²) in [6.07, 6.45) is 1.64. The van der Waals surface area contributed by atoms with Crippen LogP contribution in [0.4, 0.5) is 0 Å². The fourth-order valence-electron chi connectivity index (χ4n) is 0.590. The van der Waals surface area contributed by atoms with Crippen LogP contribution in [0, 0.1) is 11.3 Å². The summed E-state index contributed by atoms with van der Waals surface area (Å²) in [4.78, 5) is 7.94. The van der Waals surface area contributed by atoms with Crippen LogP contribution in [0.1, 0.15) is 6.92 Å². The SMILES string of the molecule is CC1=NCC(C#N)N=C1. The third-order valence-corrected chi connectivity index (χ3v) is 1.10. The fraction of sp³-hybridized carbons (Fsp3) is 0.500. The van der Waals surface area contributed by atoms with Gasteiger partial charge in [0.2, 0.25) is 0 Å². The van der Waals surface area contributed by atoms with Gasteiger partial charge in [0, 0.05) is 11.9 Å². The molecule has 0 aromatic rings. The molecule has 0 fully saturated rings. The molecule has 0 bridgehead atoms. The second-order valence-electron chi connectivity index (χ2n) is 1.91. The highest BCUT2D eigenvalue weighted by atomic mass is 14.9. The van der Waals surface area contributed by atoms with Gasteiger partial charge in [-0.1, -0.05) is 0 Å². The number of rotatable bonds is 0. The summed E-state index contributed by atoms with van der Waals surface area (Å²) in [6, 6.07) is 1.78. The van der Waals surface area contributed by atoms with Crippen molar-refractivity contribution in [3.63, 3.8) is 0 Å². The maximum atomic E-state index is 8.34. The number of hydrogen-bond acceptors (Lipinski definition) is 3. The Morgan fingerprint density at radius 1 is 1.89 bits per heavy atom. The van der Waals surface area contributed by atoms with Gasteiger partial charge in [-0.25, -0.2) is 0 Å². The molecule has 1 rings (SSSR count).